The van der Waals surface area contributed by atoms with E-state index in [9.17, 15) is 9.90 Å². The molecule has 0 radical (unpaired) electrons. The van der Waals surface area contributed by atoms with Gasteiger partial charge < -0.3 is 14.6 Å². The molecule has 27 heavy (non-hydrogen) atoms. The molecular formula is C23H18O4. The molecule has 0 bridgehead atoms. The molecule has 134 valence electrons. The molecule has 5 rings (SSSR count). The van der Waals surface area contributed by atoms with Gasteiger partial charge in [-0.1, -0.05) is 78.9 Å². The summed E-state index contributed by atoms with van der Waals surface area (Å²) in [6, 6.07) is 25.3. The maximum atomic E-state index is 12.1. The van der Waals surface area contributed by atoms with Crippen LogP contribution in [0.4, 0.5) is 0 Å². The highest BCUT2D eigenvalue weighted by Crippen LogP contribution is 2.52. The zero-order chi connectivity index (χ0) is 18.5. The summed E-state index contributed by atoms with van der Waals surface area (Å²) in [5.41, 5.74) is 4.55. The van der Waals surface area contributed by atoms with E-state index in [2.05, 4.69) is 24.3 Å². The fourth-order valence-corrected chi connectivity index (χ4v) is 4.33. The lowest BCUT2D eigenvalue weighted by molar-refractivity contribution is -0.287. The van der Waals surface area contributed by atoms with Gasteiger partial charge in [0.25, 0.3) is 5.79 Å². The molecule has 3 aromatic carbocycles. The van der Waals surface area contributed by atoms with Crippen LogP contribution in [0.3, 0.4) is 0 Å². The minimum absolute atomic E-state index is 0.238. The number of carboxylic acid groups (broad SMARTS) is 1. The Morgan fingerprint density at radius 1 is 0.741 bits per heavy atom. The number of carboxylic acids is 1. The van der Waals surface area contributed by atoms with Crippen molar-refractivity contribution < 1.29 is 19.4 Å². The first-order valence-corrected chi connectivity index (χ1v) is 8.94. The predicted molar refractivity (Wildman–Crippen MR) is 100 cm³/mol. The first kappa shape index (κ1) is 16.2. The number of hydrogen-bond acceptors (Lipinski definition) is 3. The first-order chi connectivity index (χ1) is 13.2. The van der Waals surface area contributed by atoms with Gasteiger partial charge in [0.15, 0.2) is 0 Å². The number of rotatable bonds is 2. The van der Waals surface area contributed by atoms with E-state index in [1.54, 1.807) is 24.3 Å². The Bertz CT molecular complexity index is 970. The molecule has 3 aromatic rings. The summed E-state index contributed by atoms with van der Waals surface area (Å²) in [6.45, 7) is 0.477. The van der Waals surface area contributed by atoms with Gasteiger partial charge in [-0.15, -0.1) is 0 Å². The summed E-state index contributed by atoms with van der Waals surface area (Å²) < 4.78 is 12.1. The summed E-state index contributed by atoms with van der Waals surface area (Å²) in [7, 11) is 0. The Morgan fingerprint density at radius 2 is 1.22 bits per heavy atom. The van der Waals surface area contributed by atoms with E-state index >= 15 is 0 Å². The van der Waals surface area contributed by atoms with Gasteiger partial charge in [-0.05, 0) is 22.3 Å². The zero-order valence-electron chi connectivity index (χ0n) is 14.6. The average Bonchev–Trinajstić information content (AvgIpc) is 3.00. The Morgan fingerprint density at radius 3 is 1.74 bits per heavy atom. The predicted octanol–water partition coefficient (Wildman–Crippen LogP) is 3.94. The lowest BCUT2D eigenvalue weighted by atomic mass is 9.78. The molecule has 4 heteroatoms. The lowest BCUT2D eigenvalue weighted by Crippen LogP contribution is -2.53. The van der Waals surface area contributed by atoms with Crippen LogP contribution in [0, 0.1) is 0 Å². The fourth-order valence-electron chi connectivity index (χ4n) is 4.33. The number of benzene rings is 3. The van der Waals surface area contributed by atoms with Crippen molar-refractivity contribution in [3.05, 3.63) is 95.6 Å². The van der Waals surface area contributed by atoms with Crippen LogP contribution in [0.5, 0.6) is 0 Å². The van der Waals surface area contributed by atoms with E-state index in [-0.39, 0.29) is 13.2 Å². The van der Waals surface area contributed by atoms with E-state index in [1.165, 1.54) is 0 Å². The molecule has 0 amide bonds. The second kappa shape index (κ2) is 5.78. The molecule has 2 aliphatic rings. The van der Waals surface area contributed by atoms with Gasteiger partial charge in [0.05, 0.1) is 18.6 Å². The summed E-state index contributed by atoms with van der Waals surface area (Å²) in [4.78, 5) is 12.1. The van der Waals surface area contributed by atoms with Gasteiger partial charge in [0, 0.05) is 5.56 Å². The number of aliphatic carboxylic acids is 1. The third kappa shape index (κ3) is 2.14. The molecule has 1 aliphatic heterocycles. The standard InChI is InChI=1S/C23H18O4/c24-21(25)23(16-8-2-1-3-9-16)26-14-22(15-27-23)19-12-6-4-10-17(19)18-11-5-7-13-20(18)22/h1-13H,14-15H2,(H,24,25). The molecule has 1 spiro atoms. The highest BCUT2D eigenvalue weighted by Gasteiger charge is 2.55. The molecule has 1 fully saturated rings. The summed E-state index contributed by atoms with van der Waals surface area (Å²) in [5.74, 6) is -2.91. The molecule has 1 heterocycles. The van der Waals surface area contributed by atoms with E-state index in [1.807, 2.05) is 30.3 Å². The molecule has 1 N–H and O–H groups in total. The number of carbonyl (C=O) groups is 1. The van der Waals surface area contributed by atoms with E-state index in [4.69, 9.17) is 9.47 Å². The third-order valence-electron chi connectivity index (χ3n) is 5.65. The van der Waals surface area contributed by atoms with Crippen LogP contribution in [-0.4, -0.2) is 24.3 Å². The normalized spacial score (nSPS) is 18.7. The van der Waals surface area contributed by atoms with Crippen LogP contribution in [0.25, 0.3) is 11.1 Å². The maximum Gasteiger partial charge on any atom is 0.369 e. The largest absolute Gasteiger partial charge is 0.477 e. The zero-order valence-corrected chi connectivity index (χ0v) is 14.6. The van der Waals surface area contributed by atoms with Crippen molar-refractivity contribution in [2.75, 3.05) is 13.2 Å². The topological polar surface area (TPSA) is 55.8 Å². The van der Waals surface area contributed by atoms with Crippen LogP contribution in [0.2, 0.25) is 0 Å². The molecular weight excluding hydrogens is 340 g/mol. The highest BCUT2D eigenvalue weighted by atomic mass is 16.7. The van der Waals surface area contributed by atoms with Gasteiger partial charge in [-0.3, -0.25) is 0 Å². The van der Waals surface area contributed by atoms with E-state index in [0.29, 0.717) is 5.56 Å². The molecule has 0 aromatic heterocycles. The van der Waals surface area contributed by atoms with Crippen molar-refractivity contribution in [2.45, 2.75) is 11.2 Å². The molecule has 1 aliphatic carbocycles. The lowest BCUT2D eigenvalue weighted by Gasteiger charge is -2.43. The Labute approximate surface area is 157 Å². The summed E-state index contributed by atoms with van der Waals surface area (Å²) in [5, 5.41) is 9.91. The average molecular weight is 358 g/mol. The minimum Gasteiger partial charge on any atom is -0.477 e. The van der Waals surface area contributed by atoms with Gasteiger partial charge in [-0.2, -0.15) is 0 Å². The number of hydrogen-bond donors (Lipinski definition) is 1. The molecule has 0 unspecified atom stereocenters. The monoisotopic (exact) mass is 358 g/mol. The van der Waals surface area contributed by atoms with E-state index < -0.39 is 17.2 Å². The highest BCUT2D eigenvalue weighted by molar-refractivity contribution is 5.82. The van der Waals surface area contributed by atoms with Crippen molar-refractivity contribution in [3.63, 3.8) is 0 Å². The summed E-state index contributed by atoms with van der Waals surface area (Å²) in [6.07, 6.45) is 0. The first-order valence-electron chi connectivity index (χ1n) is 8.94. The van der Waals surface area contributed by atoms with Crippen LogP contribution >= 0.6 is 0 Å². The van der Waals surface area contributed by atoms with Crippen LogP contribution in [-0.2, 0) is 25.5 Å². The van der Waals surface area contributed by atoms with Crippen molar-refractivity contribution in [2.24, 2.45) is 0 Å². The van der Waals surface area contributed by atoms with Crippen LogP contribution in [0.15, 0.2) is 78.9 Å². The van der Waals surface area contributed by atoms with Gasteiger partial charge in [-0.25, -0.2) is 4.79 Å². The van der Waals surface area contributed by atoms with Crippen molar-refractivity contribution in [1.82, 2.24) is 0 Å². The molecule has 4 nitrogen and oxygen atoms in total. The van der Waals surface area contributed by atoms with Gasteiger partial charge >= 0.3 is 5.97 Å². The van der Waals surface area contributed by atoms with Crippen molar-refractivity contribution in [3.8, 4) is 11.1 Å². The fraction of sp³-hybridized carbons (Fsp3) is 0.174. The van der Waals surface area contributed by atoms with Crippen LogP contribution < -0.4 is 0 Å². The summed E-state index contributed by atoms with van der Waals surface area (Å²) >= 11 is 0. The second-order valence-electron chi connectivity index (χ2n) is 7.04. The second-order valence-corrected chi connectivity index (χ2v) is 7.04. The van der Waals surface area contributed by atoms with Crippen molar-refractivity contribution in [1.29, 1.82) is 0 Å². The van der Waals surface area contributed by atoms with Gasteiger partial charge in [0.2, 0.25) is 0 Å². The Balaban J connectivity index is 1.61. The van der Waals surface area contributed by atoms with E-state index in [0.717, 1.165) is 22.3 Å². The quantitative estimate of drug-likeness (QED) is 0.754. The smallest absolute Gasteiger partial charge is 0.369 e. The minimum atomic E-state index is -1.78. The van der Waals surface area contributed by atoms with Crippen molar-refractivity contribution >= 4 is 5.97 Å². The Hall–Kier alpha value is -2.95. The SMILES string of the molecule is O=C(O)C1(c2ccccc2)OCC2(CO1)c1ccccc1-c1ccccc12. The molecule has 1 saturated heterocycles. The number of fused-ring (bicyclic) bond motifs is 5. The number of ether oxygens (including phenoxy) is 2. The third-order valence-corrected chi connectivity index (χ3v) is 5.65. The Kier molecular flexibility index (Phi) is 3.47. The molecule has 0 atom stereocenters. The molecule has 0 saturated carbocycles. The van der Waals surface area contributed by atoms with Crippen LogP contribution in [0.1, 0.15) is 16.7 Å². The van der Waals surface area contributed by atoms with Gasteiger partial charge in [0.1, 0.15) is 0 Å². The maximum absolute atomic E-state index is 12.1.